The number of anilines is 1. The van der Waals surface area contributed by atoms with E-state index >= 15 is 0 Å². The minimum atomic E-state index is -0.450. The monoisotopic (exact) mass is 417 g/mol. The molecule has 3 rings (SSSR count). The van der Waals surface area contributed by atoms with Gasteiger partial charge >= 0.3 is 0 Å². The molecule has 1 aliphatic rings. The van der Waals surface area contributed by atoms with Crippen LogP contribution in [0.25, 0.3) is 0 Å². The van der Waals surface area contributed by atoms with Crippen LogP contribution < -0.4 is 15.1 Å². The van der Waals surface area contributed by atoms with Gasteiger partial charge in [0, 0.05) is 28.9 Å². The number of rotatable bonds is 5. The molecule has 1 amide bonds. The molecule has 0 radical (unpaired) electrons. The molecule has 1 unspecified atom stereocenters. The fourth-order valence-electron chi connectivity index (χ4n) is 3.62. The number of hydrogen-bond donors (Lipinski definition) is 1. The Balaban J connectivity index is 1.65. The first-order valence-corrected chi connectivity index (χ1v) is 9.83. The Morgan fingerprint density at radius 2 is 2.17 bits per heavy atom. The molecule has 1 aliphatic heterocycles. The quantitative estimate of drug-likeness (QED) is 0.565. The van der Waals surface area contributed by atoms with Crippen LogP contribution in [-0.2, 0) is 4.79 Å². The number of hydrogen-bond acceptors (Lipinski definition) is 4. The molecule has 2 aromatic rings. The molecule has 0 bridgehead atoms. The van der Waals surface area contributed by atoms with Crippen LogP contribution in [-0.4, -0.2) is 31.3 Å². The maximum absolute atomic E-state index is 14.6. The zero-order valence-corrected chi connectivity index (χ0v) is 17.8. The van der Waals surface area contributed by atoms with Crippen molar-refractivity contribution in [3.63, 3.8) is 0 Å². The van der Waals surface area contributed by atoms with Crippen molar-refractivity contribution in [2.24, 2.45) is 5.10 Å². The van der Waals surface area contributed by atoms with Crippen LogP contribution >= 0.6 is 11.6 Å². The van der Waals surface area contributed by atoms with Gasteiger partial charge in [0.15, 0.2) is 6.61 Å². The summed E-state index contributed by atoms with van der Waals surface area (Å²) < 4.78 is 19.9. The molecule has 5 nitrogen and oxygen atoms in total. The first kappa shape index (κ1) is 21.1. The molecule has 0 saturated carbocycles. The highest BCUT2D eigenvalue weighted by atomic mass is 35.5. The van der Waals surface area contributed by atoms with Crippen LogP contribution in [0.1, 0.15) is 44.2 Å². The van der Waals surface area contributed by atoms with Crippen LogP contribution in [0.2, 0.25) is 5.02 Å². The highest BCUT2D eigenvalue weighted by Crippen LogP contribution is 2.43. The summed E-state index contributed by atoms with van der Waals surface area (Å²) in [6.45, 7) is 6.23. The van der Waals surface area contributed by atoms with Crippen molar-refractivity contribution >= 4 is 29.4 Å². The van der Waals surface area contributed by atoms with Gasteiger partial charge in [0.2, 0.25) is 0 Å². The van der Waals surface area contributed by atoms with Gasteiger partial charge in [-0.1, -0.05) is 24.6 Å². The van der Waals surface area contributed by atoms with E-state index in [1.54, 1.807) is 30.3 Å². The Labute approximate surface area is 175 Å². The van der Waals surface area contributed by atoms with Gasteiger partial charge in [0.25, 0.3) is 5.91 Å². The molecule has 29 heavy (non-hydrogen) atoms. The topological polar surface area (TPSA) is 53.9 Å². The van der Waals surface area contributed by atoms with Gasteiger partial charge in [-0.3, -0.25) is 4.79 Å². The highest BCUT2D eigenvalue weighted by Gasteiger charge is 2.34. The van der Waals surface area contributed by atoms with Crippen LogP contribution in [0.15, 0.2) is 41.5 Å². The van der Waals surface area contributed by atoms with Crippen molar-refractivity contribution in [3.05, 3.63) is 58.4 Å². The molecular formula is C22H25ClFN3O2. The lowest BCUT2D eigenvalue weighted by atomic mass is 9.80. The number of nitrogens with zero attached hydrogens (tertiary/aromatic N) is 2. The number of carbonyl (C=O) groups is 1. The molecule has 0 spiro atoms. The molecule has 0 saturated heterocycles. The Morgan fingerprint density at radius 3 is 2.90 bits per heavy atom. The van der Waals surface area contributed by atoms with Gasteiger partial charge in [-0.05, 0) is 62.1 Å². The third-order valence-electron chi connectivity index (χ3n) is 5.31. The van der Waals surface area contributed by atoms with Crippen molar-refractivity contribution < 1.29 is 13.9 Å². The fourth-order valence-corrected chi connectivity index (χ4v) is 3.80. The lowest BCUT2D eigenvalue weighted by molar-refractivity contribution is -0.123. The third kappa shape index (κ3) is 4.88. The molecule has 1 atom stereocenters. The summed E-state index contributed by atoms with van der Waals surface area (Å²) in [5.74, 6) is -0.0499. The lowest BCUT2D eigenvalue weighted by Crippen LogP contribution is -2.45. The van der Waals surface area contributed by atoms with Crippen molar-refractivity contribution in [2.75, 3.05) is 18.6 Å². The average Bonchev–Trinajstić information content (AvgIpc) is 2.65. The molecule has 7 heteroatoms. The summed E-state index contributed by atoms with van der Waals surface area (Å²) in [4.78, 5) is 14.0. The first-order chi connectivity index (χ1) is 13.7. The molecule has 2 aromatic carbocycles. The van der Waals surface area contributed by atoms with Crippen molar-refractivity contribution in [3.8, 4) is 5.75 Å². The summed E-state index contributed by atoms with van der Waals surface area (Å²) in [6, 6.07) is 10.1. The Kier molecular flexibility index (Phi) is 6.13. The van der Waals surface area contributed by atoms with Gasteiger partial charge in [0.1, 0.15) is 11.6 Å². The maximum atomic E-state index is 14.6. The van der Waals surface area contributed by atoms with Crippen molar-refractivity contribution in [2.45, 2.75) is 38.6 Å². The van der Waals surface area contributed by atoms with E-state index < -0.39 is 5.91 Å². The summed E-state index contributed by atoms with van der Waals surface area (Å²) in [6.07, 6.45) is 2.29. The Bertz CT molecular complexity index is 946. The van der Waals surface area contributed by atoms with Crippen LogP contribution in [0.3, 0.4) is 0 Å². The van der Waals surface area contributed by atoms with Gasteiger partial charge in [-0.25, -0.2) is 9.82 Å². The lowest BCUT2D eigenvalue weighted by Gasteiger charge is -2.45. The average molecular weight is 418 g/mol. The van der Waals surface area contributed by atoms with Crippen LogP contribution in [0, 0.1) is 5.82 Å². The molecular weight excluding hydrogens is 393 g/mol. The Hall–Kier alpha value is -2.60. The number of hydrazone groups is 1. The van der Waals surface area contributed by atoms with E-state index in [0.717, 1.165) is 17.7 Å². The molecule has 1 N–H and O–H groups in total. The molecule has 154 valence electrons. The standard InChI is InChI=1S/C22H25ClFN3O2/c1-14-11-22(2,3)27(4)20-10-19(24)15(8-18(14)20)12-25-26-21(28)13-29-17-7-5-6-16(23)9-17/h5-10,12,14H,11,13H2,1-4H3,(H,26,28)/b25-12+. The van der Waals surface area contributed by atoms with Gasteiger partial charge in [0.05, 0.1) is 6.21 Å². The summed E-state index contributed by atoms with van der Waals surface area (Å²) in [5.41, 5.74) is 4.61. The number of ether oxygens (including phenoxy) is 1. The van der Waals surface area contributed by atoms with E-state index in [1.165, 1.54) is 12.3 Å². The highest BCUT2D eigenvalue weighted by molar-refractivity contribution is 6.30. The predicted molar refractivity (Wildman–Crippen MR) is 115 cm³/mol. The number of benzene rings is 2. The second kappa shape index (κ2) is 8.41. The van der Waals surface area contributed by atoms with E-state index in [2.05, 4.69) is 36.2 Å². The van der Waals surface area contributed by atoms with Gasteiger partial charge in [-0.15, -0.1) is 0 Å². The summed E-state index contributed by atoms with van der Waals surface area (Å²) in [7, 11) is 1.98. The summed E-state index contributed by atoms with van der Waals surface area (Å²) >= 11 is 5.87. The van der Waals surface area contributed by atoms with Crippen molar-refractivity contribution in [1.29, 1.82) is 0 Å². The largest absolute Gasteiger partial charge is 0.484 e. The minimum Gasteiger partial charge on any atom is -0.484 e. The van der Waals surface area contributed by atoms with Crippen LogP contribution in [0.4, 0.5) is 10.1 Å². The Morgan fingerprint density at radius 1 is 1.41 bits per heavy atom. The first-order valence-electron chi connectivity index (χ1n) is 9.45. The number of carbonyl (C=O) groups excluding carboxylic acids is 1. The number of halogens is 2. The smallest absolute Gasteiger partial charge is 0.277 e. The molecule has 0 aliphatic carbocycles. The predicted octanol–water partition coefficient (Wildman–Crippen LogP) is 4.73. The third-order valence-corrected chi connectivity index (χ3v) is 5.55. The zero-order valence-electron chi connectivity index (χ0n) is 17.0. The van der Waals surface area contributed by atoms with E-state index in [9.17, 15) is 9.18 Å². The van der Waals surface area contributed by atoms with E-state index in [0.29, 0.717) is 22.3 Å². The SMILES string of the molecule is CC1CC(C)(C)N(C)c2cc(F)c(/C=N/NC(=O)COc3cccc(Cl)c3)cc21. The fraction of sp³-hybridized carbons (Fsp3) is 0.364. The molecule has 0 aromatic heterocycles. The maximum Gasteiger partial charge on any atom is 0.277 e. The van der Waals surface area contributed by atoms with Crippen molar-refractivity contribution in [1.82, 2.24) is 5.43 Å². The minimum absolute atomic E-state index is 0.0363. The van der Waals surface area contributed by atoms with E-state index in [4.69, 9.17) is 16.3 Å². The molecule has 1 heterocycles. The van der Waals surface area contributed by atoms with Crippen LogP contribution in [0.5, 0.6) is 5.75 Å². The van der Waals surface area contributed by atoms with Gasteiger partial charge in [-0.2, -0.15) is 5.10 Å². The van der Waals surface area contributed by atoms with Gasteiger partial charge < -0.3 is 9.64 Å². The molecule has 0 fully saturated rings. The number of fused-ring (bicyclic) bond motifs is 1. The number of nitrogens with one attached hydrogen (secondary N) is 1. The van der Waals surface area contributed by atoms with E-state index in [1.807, 2.05) is 7.05 Å². The number of amides is 1. The second-order valence-corrected chi connectivity index (χ2v) is 8.38. The van der Waals surface area contributed by atoms with E-state index in [-0.39, 0.29) is 18.0 Å². The normalized spacial score (nSPS) is 17.9. The zero-order chi connectivity index (χ0) is 21.2. The second-order valence-electron chi connectivity index (χ2n) is 7.95. The summed E-state index contributed by atoms with van der Waals surface area (Å²) in [5, 5.41) is 4.39.